The first-order valence-corrected chi connectivity index (χ1v) is 9.36. The van der Waals surface area contributed by atoms with Crippen LogP contribution in [-0.2, 0) is 19.5 Å². The highest BCUT2D eigenvalue weighted by atomic mass is 16.4. The van der Waals surface area contributed by atoms with Gasteiger partial charge >= 0.3 is 0 Å². The topological polar surface area (TPSA) is 63.3 Å². The molecule has 2 aromatic heterocycles. The van der Waals surface area contributed by atoms with Gasteiger partial charge in [0.05, 0.1) is 12.7 Å². The van der Waals surface area contributed by atoms with Gasteiger partial charge in [-0.1, -0.05) is 6.92 Å². The summed E-state index contributed by atoms with van der Waals surface area (Å²) < 4.78 is 7.88. The van der Waals surface area contributed by atoms with Crippen molar-refractivity contribution in [2.45, 2.75) is 52.1 Å². The number of piperidine rings is 1. The average Bonchev–Trinajstić information content (AvgIpc) is 3.25. The summed E-state index contributed by atoms with van der Waals surface area (Å²) >= 11 is 0. The van der Waals surface area contributed by atoms with Crippen LogP contribution in [0.5, 0.6) is 0 Å². The lowest BCUT2D eigenvalue weighted by Crippen LogP contribution is -2.32. The second-order valence-corrected chi connectivity index (χ2v) is 7.35. The number of carbonyl (C=O) groups is 1. The monoisotopic (exact) mass is 342 g/mol. The maximum atomic E-state index is 12.5. The molecule has 0 aromatic carbocycles. The van der Waals surface area contributed by atoms with Gasteiger partial charge in [-0.25, -0.2) is 4.98 Å². The van der Waals surface area contributed by atoms with Crippen LogP contribution in [0.2, 0.25) is 0 Å². The number of nitrogens with zero attached hydrogens (tertiary/aromatic N) is 3. The van der Waals surface area contributed by atoms with Crippen LogP contribution in [0, 0.1) is 5.92 Å². The number of hydrogen-bond acceptors (Lipinski definition) is 4. The zero-order valence-corrected chi connectivity index (χ0v) is 14.8. The summed E-state index contributed by atoms with van der Waals surface area (Å²) in [5.41, 5.74) is 0. The minimum Gasteiger partial charge on any atom is -0.455 e. The van der Waals surface area contributed by atoms with E-state index in [0.717, 1.165) is 62.3 Å². The van der Waals surface area contributed by atoms with Gasteiger partial charge in [0.15, 0.2) is 5.76 Å². The zero-order chi connectivity index (χ0) is 17.2. The van der Waals surface area contributed by atoms with Crippen LogP contribution >= 0.6 is 0 Å². The van der Waals surface area contributed by atoms with Gasteiger partial charge in [0.2, 0.25) is 0 Å². The second-order valence-electron chi connectivity index (χ2n) is 7.35. The third kappa shape index (κ3) is 3.63. The molecule has 6 nitrogen and oxygen atoms in total. The Morgan fingerprint density at radius 1 is 1.28 bits per heavy atom. The van der Waals surface area contributed by atoms with Gasteiger partial charge in [-0.05, 0) is 56.8 Å². The van der Waals surface area contributed by atoms with Gasteiger partial charge in [-0.15, -0.1) is 0 Å². The van der Waals surface area contributed by atoms with Crippen molar-refractivity contribution < 1.29 is 9.21 Å². The molecule has 6 heteroatoms. The Labute approximate surface area is 148 Å². The fourth-order valence-electron chi connectivity index (χ4n) is 3.72. The Kier molecular flexibility index (Phi) is 4.61. The molecule has 2 aromatic rings. The molecule has 4 rings (SSSR count). The van der Waals surface area contributed by atoms with E-state index >= 15 is 0 Å². The molecule has 1 amide bonds. The van der Waals surface area contributed by atoms with Crippen LogP contribution in [0.15, 0.2) is 22.7 Å². The van der Waals surface area contributed by atoms with Gasteiger partial charge in [0.25, 0.3) is 5.91 Å². The number of nitrogens with one attached hydrogen (secondary N) is 1. The van der Waals surface area contributed by atoms with Crippen LogP contribution in [-0.4, -0.2) is 33.4 Å². The number of anilines is 1. The number of hydrogen-bond donors (Lipinski definition) is 1. The number of amides is 1. The summed E-state index contributed by atoms with van der Waals surface area (Å²) in [5, 5.41) is 2.94. The molecule has 0 saturated carbocycles. The fraction of sp³-hybridized carbons (Fsp3) is 0.579. The van der Waals surface area contributed by atoms with E-state index in [2.05, 4.69) is 26.7 Å². The van der Waals surface area contributed by atoms with E-state index in [1.54, 1.807) is 12.3 Å². The Bertz CT molecular complexity index is 740. The van der Waals surface area contributed by atoms with E-state index in [4.69, 9.17) is 4.42 Å². The van der Waals surface area contributed by atoms with Crippen molar-refractivity contribution in [3.8, 4) is 0 Å². The first-order valence-electron chi connectivity index (χ1n) is 9.36. The van der Waals surface area contributed by atoms with Crippen molar-refractivity contribution in [2.24, 2.45) is 5.92 Å². The molecule has 2 aliphatic rings. The number of aromatic nitrogens is 2. The quantitative estimate of drug-likeness (QED) is 0.926. The minimum absolute atomic E-state index is 0.202. The minimum atomic E-state index is -0.202. The Morgan fingerprint density at radius 3 is 2.96 bits per heavy atom. The van der Waals surface area contributed by atoms with Crippen LogP contribution in [0.1, 0.15) is 54.7 Å². The average molecular weight is 342 g/mol. The van der Waals surface area contributed by atoms with Crippen LogP contribution in [0.4, 0.5) is 5.82 Å². The number of rotatable bonds is 4. The van der Waals surface area contributed by atoms with Crippen molar-refractivity contribution in [3.63, 3.8) is 0 Å². The summed E-state index contributed by atoms with van der Waals surface area (Å²) in [4.78, 5) is 19.3. The van der Waals surface area contributed by atoms with E-state index in [1.807, 2.05) is 6.07 Å². The first kappa shape index (κ1) is 16.4. The number of likely N-dealkylation sites (tertiary alicyclic amines) is 1. The van der Waals surface area contributed by atoms with Crippen molar-refractivity contribution in [2.75, 3.05) is 18.4 Å². The third-order valence-electron chi connectivity index (χ3n) is 5.35. The molecule has 25 heavy (non-hydrogen) atoms. The third-order valence-corrected chi connectivity index (χ3v) is 5.35. The Hall–Kier alpha value is -2.08. The lowest BCUT2D eigenvalue weighted by atomic mass is 9.99. The van der Waals surface area contributed by atoms with E-state index in [-0.39, 0.29) is 5.91 Å². The lowest BCUT2D eigenvalue weighted by molar-refractivity contribution is 0.0990. The molecule has 0 bridgehead atoms. The highest BCUT2D eigenvalue weighted by Gasteiger charge is 2.20. The maximum absolute atomic E-state index is 12.5. The van der Waals surface area contributed by atoms with E-state index in [0.29, 0.717) is 5.76 Å². The molecule has 0 atom stereocenters. The summed E-state index contributed by atoms with van der Waals surface area (Å²) in [5.74, 6) is 3.66. The number of carbonyl (C=O) groups excluding carboxylic acids is 1. The smallest absolute Gasteiger partial charge is 0.292 e. The summed E-state index contributed by atoms with van der Waals surface area (Å²) in [6.07, 6.45) is 7.50. The molecule has 0 unspecified atom stereocenters. The molecule has 134 valence electrons. The zero-order valence-electron chi connectivity index (χ0n) is 14.8. The number of imidazole rings is 1. The number of fused-ring (bicyclic) bond motifs is 1. The van der Waals surface area contributed by atoms with E-state index < -0.39 is 0 Å². The maximum Gasteiger partial charge on any atom is 0.292 e. The number of furan rings is 1. The molecule has 0 radical (unpaired) electrons. The van der Waals surface area contributed by atoms with Gasteiger partial charge in [-0.3, -0.25) is 9.69 Å². The van der Waals surface area contributed by atoms with E-state index in [9.17, 15) is 4.79 Å². The van der Waals surface area contributed by atoms with Gasteiger partial charge in [0, 0.05) is 13.0 Å². The normalized spacial score (nSPS) is 18.9. The Balaban J connectivity index is 1.38. The molecule has 0 spiro atoms. The molecule has 1 N–H and O–H groups in total. The van der Waals surface area contributed by atoms with Crippen molar-refractivity contribution in [1.29, 1.82) is 0 Å². The predicted molar refractivity (Wildman–Crippen MR) is 95.5 cm³/mol. The van der Waals surface area contributed by atoms with Crippen molar-refractivity contribution in [3.05, 3.63) is 35.7 Å². The van der Waals surface area contributed by atoms with Crippen LogP contribution in [0.25, 0.3) is 0 Å². The standard InChI is InChI=1S/C19H26N4O2/c1-14-7-10-22(11-8-14)13-15-5-6-16(25-15)19(24)21-18-12-20-17-4-2-3-9-23(17)18/h5-6,12,14H,2-4,7-11,13H2,1H3,(H,21,24). The van der Waals surface area contributed by atoms with Crippen LogP contribution < -0.4 is 5.32 Å². The van der Waals surface area contributed by atoms with Gasteiger partial charge in [-0.2, -0.15) is 0 Å². The van der Waals surface area contributed by atoms with Gasteiger partial charge < -0.3 is 14.3 Å². The summed E-state index contributed by atoms with van der Waals surface area (Å²) in [6.45, 7) is 6.21. The molecule has 1 fully saturated rings. The highest BCUT2D eigenvalue weighted by molar-refractivity contribution is 6.01. The van der Waals surface area contributed by atoms with Crippen molar-refractivity contribution in [1.82, 2.24) is 14.5 Å². The molecule has 0 aliphatic carbocycles. The second kappa shape index (κ2) is 7.04. The lowest BCUT2D eigenvalue weighted by Gasteiger charge is -2.29. The molecule has 4 heterocycles. The SMILES string of the molecule is CC1CCN(Cc2ccc(C(=O)Nc3cnc4n3CCCC4)o2)CC1. The largest absolute Gasteiger partial charge is 0.455 e. The van der Waals surface area contributed by atoms with E-state index in [1.165, 1.54) is 19.3 Å². The first-order chi connectivity index (χ1) is 12.2. The van der Waals surface area contributed by atoms with Crippen molar-refractivity contribution >= 4 is 11.7 Å². The molecular weight excluding hydrogens is 316 g/mol. The highest BCUT2D eigenvalue weighted by Crippen LogP contribution is 2.22. The summed E-state index contributed by atoms with van der Waals surface area (Å²) in [7, 11) is 0. The summed E-state index contributed by atoms with van der Waals surface area (Å²) in [6, 6.07) is 3.68. The van der Waals surface area contributed by atoms with Crippen LogP contribution in [0.3, 0.4) is 0 Å². The molecule has 1 saturated heterocycles. The molecular formula is C19H26N4O2. The predicted octanol–water partition coefficient (Wildman–Crippen LogP) is 3.30. The fourth-order valence-corrected chi connectivity index (χ4v) is 3.72. The number of aryl methyl sites for hydroxylation is 1. The Morgan fingerprint density at radius 2 is 2.12 bits per heavy atom. The molecule has 2 aliphatic heterocycles. The van der Waals surface area contributed by atoms with Gasteiger partial charge in [0.1, 0.15) is 17.4 Å².